The molecule has 1 atom stereocenters. The summed E-state index contributed by atoms with van der Waals surface area (Å²) in [5.74, 6) is 0. The molecule has 19 heavy (non-hydrogen) atoms. The van der Waals surface area contributed by atoms with Crippen LogP contribution in [0.5, 0.6) is 0 Å². The fourth-order valence-electron chi connectivity index (χ4n) is 2.07. The van der Waals surface area contributed by atoms with Gasteiger partial charge in [-0.2, -0.15) is 0 Å². The van der Waals surface area contributed by atoms with E-state index in [9.17, 15) is 0 Å². The number of nitrogens with one attached hydrogen (secondary N) is 1. The number of rotatable bonds is 6. The monoisotopic (exact) mass is 276 g/mol. The van der Waals surface area contributed by atoms with Crippen molar-refractivity contribution in [3.05, 3.63) is 40.2 Å². The molecule has 2 aromatic rings. The predicted octanol–water partition coefficient (Wildman–Crippen LogP) is 2.89. The van der Waals surface area contributed by atoms with Gasteiger partial charge >= 0.3 is 0 Å². The molecule has 2 rings (SSSR count). The molecule has 0 bridgehead atoms. The van der Waals surface area contributed by atoms with Crippen LogP contribution < -0.4 is 5.32 Å². The average molecular weight is 276 g/mol. The number of hydrogen-bond acceptors (Lipinski definition) is 5. The van der Waals surface area contributed by atoms with Gasteiger partial charge in [0.2, 0.25) is 0 Å². The molecular weight excluding hydrogens is 256 g/mol. The van der Waals surface area contributed by atoms with Crippen molar-refractivity contribution in [2.45, 2.75) is 39.7 Å². The maximum absolute atomic E-state index is 4.30. The zero-order valence-electron chi connectivity index (χ0n) is 11.7. The summed E-state index contributed by atoms with van der Waals surface area (Å²) in [6.45, 7) is 7.33. The van der Waals surface area contributed by atoms with Gasteiger partial charge < -0.3 is 5.32 Å². The van der Waals surface area contributed by atoms with Gasteiger partial charge in [0.1, 0.15) is 0 Å². The van der Waals surface area contributed by atoms with Crippen molar-refractivity contribution < 1.29 is 0 Å². The number of aryl methyl sites for hydroxylation is 2. The maximum Gasteiger partial charge on any atom is 0.0804 e. The van der Waals surface area contributed by atoms with Crippen molar-refractivity contribution in [1.82, 2.24) is 19.9 Å². The van der Waals surface area contributed by atoms with Gasteiger partial charge in [0.05, 0.1) is 16.6 Å². The van der Waals surface area contributed by atoms with E-state index in [-0.39, 0.29) is 6.04 Å². The highest BCUT2D eigenvalue weighted by atomic mass is 32.1. The van der Waals surface area contributed by atoms with E-state index in [1.807, 2.05) is 12.4 Å². The zero-order valence-corrected chi connectivity index (χ0v) is 12.5. The van der Waals surface area contributed by atoms with E-state index < -0.39 is 0 Å². The SMILES string of the molecule is CCCNC(c1cncc(C)c1)c1snnc1CC. The summed E-state index contributed by atoms with van der Waals surface area (Å²) < 4.78 is 4.10. The number of nitrogens with zero attached hydrogens (tertiary/aromatic N) is 3. The average Bonchev–Trinajstić information content (AvgIpc) is 2.88. The lowest BCUT2D eigenvalue weighted by molar-refractivity contribution is 0.599. The van der Waals surface area contributed by atoms with Crippen LogP contribution in [0, 0.1) is 6.92 Å². The van der Waals surface area contributed by atoms with E-state index in [2.05, 4.69) is 46.7 Å². The Morgan fingerprint density at radius 1 is 1.32 bits per heavy atom. The molecule has 1 N–H and O–H groups in total. The third-order valence-electron chi connectivity index (χ3n) is 3.01. The molecule has 0 saturated heterocycles. The summed E-state index contributed by atoms with van der Waals surface area (Å²) in [6, 6.07) is 2.33. The smallest absolute Gasteiger partial charge is 0.0804 e. The molecule has 5 heteroatoms. The first-order valence-electron chi connectivity index (χ1n) is 6.72. The highest BCUT2D eigenvalue weighted by molar-refractivity contribution is 7.05. The molecule has 0 aliphatic heterocycles. The Kier molecular flexibility index (Phi) is 4.99. The second kappa shape index (κ2) is 6.73. The number of hydrogen-bond donors (Lipinski definition) is 1. The van der Waals surface area contributed by atoms with Gasteiger partial charge in [-0.25, -0.2) is 0 Å². The fraction of sp³-hybridized carbons (Fsp3) is 0.500. The van der Waals surface area contributed by atoms with Gasteiger partial charge in [0.25, 0.3) is 0 Å². The highest BCUT2D eigenvalue weighted by Crippen LogP contribution is 2.27. The van der Waals surface area contributed by atoms with Crippen LogP contribution in [0.15, 0.2) is 18.5 Å². The predicted molar refractivity (Wildman–Crippen MR) is 78.4 cm³/mol. The molecule has 2 aromatic heterocycles. The molecule has 0 aliphatic rings. The second-order valence-electron chi connectivity index (χ2n) is 4.62. The summed E-state index contributed by atoms with van der Waals surface area (Å²) in [5, 5.41) is 7.80. The van der Waals surface area contributed by atoms with Crippen LogP contribution in [-0.4, -0.2) is 21.1 Å². The topological polar surface area (TPSA) is 50.7 Å². The Balaban J connectivity index is 2.35. The van der Waals surface area contributed by atoms with E-state index >= 15 is 0 Å². The quantitative estimate of drug-likeness (QED) is 0.881. The lowest BCUT2D eigenvalue weighted by Crippen LogP contribution is -2.23. The fourth-order valence-corrected chi connectivity index (χ4v) is 2.91. The Labute approximate surface area is 118 Å². The van der Waals surface area contributed by atoms with Gasteiger partial charge in [-0.05, 0) is 49.0 Å². The molecule has 0 amide bonds. The molecule has 0 spiro atoms. The third kappa shape index (κ3) is 3.36. The van der Waals surface area contributed by atoms with Crippen LogP contribution in [0.4, 0.5) is 0 Å². The first-order valence-corrected chi connectivity index (χ1v) is 7.49. The summed E-state index contributed by atoms with van der Waals surface area (Å²) in [6.07, 6.45) is 5.82. The Bertz CT molecular complexity index is 524. The summed E-state index contributed by atoms with van der Waals surface area (Å²) >= 11 is 1.48. The van der Waals surface area contributed by atoms with Crippen LogP contribution in [-0.2, 0) is 6.42 Å². The number of aromatic nitrogens is 3. The van der Waals surface area contributed by atoms with Crippen LogP contribution in [0.3, 0.4) is 0 Å². The maximum atomic E-state index is 4.30. The minimum atomic E-state index is 0.155. The molecule has 0 aliphatic carbocycles. The van der Waals surface area contributed by atoms with Crippen molar-refractivity contribution in [1.29, 1.82) is 0 Å². The Morgan fingerprint density at radius 3 is 2.84 bits per heavy atom. The molecular formula is C14H20N4S. The van der Waals surface area contributed by atoms with Crippen LogP contribution >= 0.6 is 11.5 Å². The van der Waals surface area contributed by atoms with E-state index in [0.717, 1.165) is 25.1 Å². The Morgan fingerprint density at radius 2 is 2.16 bits per heavy atom. The van der Waals surface area contributed by atoms with Crippen LogP contribution in [0.25, 0.3) is 0 Å². The zero-order chi connectivity index (χ0) is 13.7. The van der Waals surface area contributed by atoms with Crippen molar-refractivity contribution in [2.24, 2.45) is 0 Å². The van der Waals surface area contributed by atoms with Gasteiger partial charge in [-0.15, -0.1) is 5.10 Å². The van der Waals surface area contributed by atoms with Gasteiger partial charge in [-0.1, -0.05) is 24.4 Å². The molecule has 0 radical (unpaired) electrons. The minimum Gasteiger partial charge on any atom is -0.305 e. The Hall–Kier alpha value is -1.33. The second-order valence-corrected chi connectivity index (χ2v) is 5.41. The standard InChI is InChI=1S/C14H20N4S/c1-4-6-16-13(11-7-10(3)8-15-9-11)14-12(5-2)17-18-19-14/h7-9,13,16H,4-6H2,1-3H3. The summed E-state index contributed by atoms with van der Waals surface area (Å²) in [4.78, 5) is 5.51. The van der Waals surface area contributed by atoms with Crippen molar-refractivity contribution >= 4 is 11.5 Å². The molecule has 0 saturated carbocycles. The normalized spacial score (nSPS) is 12.6. The molecule has 0 fully saturated rings. The first kappa shape index (κ1) is 14.1. The minimum absolute atomic E-state index is 0.155. The molecule has 0 aromatic carbocycles. The van der Waals surface area contributed by atoms with E-state index in [0.29, 0.717) is 0 Å². The summed E-state index contributed by atoms with van der Waals surface area (Å²) in [5.41, 5.74) is 3.45. The van der Waals surface area contributed by atoms with Crippen LogP contribution in [0.2, 0.25) is 0 Å². The van der Waals surface area contributed by atoms with Crippen molar-refractivity contribution in [3.63, 3.8) is 0 Å². The van der Waals surface area contributed by atoms with Gasteiger partial charge in [0.15, 0.2) is 0 Å². The van der Waals surface area contributed by atoms with E-state index in [4.69, 9.17) is 0 Å². The first-order chi connectivity index (χ1) is 9.26. The highest BCUT2D eigenvalue weighted by Gasteiger charge is 2.20. The van der Waals surface area contributed by atoms with Gasteiger partial charge in [-0.3, -0.25) is 4.98 Å². The largest absolute Gasteiger partial charge is 0.305 e. The van der Waals surface area contributed by atoms with Gasteiger partial charge in [0, 0.05) is 12.4 Å². The summed E-state index contributed by atoms with van der Waals surface area (Å²) in [7, 11) is 0. The number of pyridine rings is 1. The molecule has 4 nitrogen and oxygen atoms in total. The lowest BCUT2D eigenvalue weighted by atomic mass is 10.0. The van der Waals surface area contributed by atoms with Crippen molar-refractivity contribution in [2.75, 3.05) is 6.54 Å². The lowest BCUT2D eigenvalue weighted by Gasteiger charge is -2.18. The molecule has 1 unspecified atom stereocenters. The van der Waals surface area contributed by atoms with Crippen molar-refractivity contribution in [3.8, 4) is 0 Å². The molecule has 102 valence electrons. The van der Waals surface area contributed by atoms with Crippen LogP contribution in [0.1, 0.15) is 48.0 Å². The molecule has 2 heterocycles. The van der Waals surface area contributed by atoms with E-state index in [1.54, 1.807) is 0 Å². The van der Waals surface area contributed by atoms with E-state index in [1.165, 1.54) is 27.5 Å². The third-order valence-corrected chi connectivity index (χ3v) is 3.84.